The summed E-state index contributed by atoms with van der Waals surface area (Å²) >= 11 is 11.9. The van der Waals surface area contributed by atoms with Crippen LogP contribution in [0.5, 0.6) is 0 Å². The van der Waals surface area contributed by atoms with Crippen molar-refractivity contribution in [1.82, 2.24) is 4.90 Å². The van der Waals surface area contributed by atoms with Crippen molar-refractivity contribution in [2.75, 3.05) is 20.2 Å². The maximum absolute atomic E-state index is 12.2. The van der Waals surface area contributed by atoms with Gasteiger partial charge in [-0.25, -0.2) is 0 Å². The van der Waals surface area contributed by atoms with Gasteiger partial charge in [-0.1, -0.05) is 29.3 Å². The predicted octanol–water partition coefficient (Wildman–Crippen LogP) is 2.71. The van der Waals surface area contributed by atoms with Gasteiger partial charge in [0.15, 0.2) is 0 Å². The van der Waals surface area contributed by atoms with Gasteiger partial charge in [-0.15, -0.1) is 0 Å². The molecule has 112 valence electrons. The standard InChI is InChI=1S/C14H20Cl2N2O2/c1-3-18(14(19)7-11(8-17)20-2)9-10-4-5-12(15)13(16)6-10/h4-6,11H,3,7-9,17H2,1-2H3. The van der Waals surface area contributed by atoms with Gasteiger partial charge in [0.1, 0.15) is 0 Å². The highest BCUT2D eigenvalue weighted by molar-refractivity contribution is 6.42. The van der Waals surface area contributed by atoms with Gasteiger partial charge in [0, 0.05) is 26.7 Å². The molecule has 4 nitrogen and oxygen atoms in total. The summed E-state index contributed by atoms with van der Waals surface area (Å²) in [6.07, 6.45) is 0.0349. The van der Waals surface area contributed by atoms with E-state index in [-0.39, 0.29) is 18.4 Å². The van der Waals surface area contributed by atoms with Crippen molar-refractivity contribution in [2.45, 2.75) is 26.0 Å². The average Bonchev–Trinajstić information content (AvgIpc) is 2.45. The molecular weight excluding hydrogens is 299 g/mol. The highest BCUT2D eigenvalue weighted by Crippen LogP contribution is 2.23. The van der Waals surface area contributed by atoms with Gasteiger partial charge in [0.2, 0.25) is 5.91 Å². The van der Waals surface area contributed by atoms with Gasteiger partial charge in [-0.3, -0.25) is 4.79 Å². The highest BCUT2D eigenvalue weighted by Gasteiger charge is 2.17. The van der Waals surface area contributed by atoms with Gasteiger partial charge in [0.25, 0.3) is 0 Å². The first-order valence-corrected chi connectivity index (χ1v) is 7.22. The van der Waals surface area contributed by atoms with Crippen LogP contribution in [0.15, 0.2) is 18.2 Å². The van der Waals surface area contributed by atoms with Crippen molar-refractivity contribution in [2.24, 2.45) is 5.73 Å². The van der Waals surface area contributed by atoms with E-state index in [4.69, 9.17) is 33.7 Å². The zero-order valence-corrected chi connectivity index (χ0v) is 13.2. The Morgan fingerprint density at radius 3 is 2.60 bits per heavy atom. The molecule has 2 N–H and O–H groups in total. The largest absolute Gasteiger partial charge is 0.380 e. The number of hydrogen-bond acceptors (Lipinski definition) is 3. The quantitative estimate of drug-likeness (QED) is 0.841. The molecule has 0 spiro atoms. The molecule has 0 aliphatic heterocycles. The number of hydrogen-bond donors (Lipinski definition) is 1. The summed E-state index contributed by atoms with van der Waals surface area (Å²) < 4.78 is 5.14. The molecule has 0 saturated heterocycles. The van der Waals surface area contributed by atoms with Crippen molar-refractivity contribution in [1.29, 1.82) is 0 Å². The summed E-state index contributed by atoms with van der Waals surface area (Å²) in [4.78, 5) is 13.9. The smallest absolute Gasteiger partial charge is 0.225 e. The molecule has 0 aliphatic rings. The molecule has 0 radical (unpaired) electrons. The predicted molar refractivity (Wildman–Crippen MR) is 82.0 cm³/mol. The molecule has 0 heterocycles. The number of ether oxygens (including phenoxy) is 1. The van der Waals surface area contributed by atoms with Crippen LogP contribution in [-0.2, 0) is 16.1 Å². The summed E-state index contributed by atoms with van der Waals surface area (Å²) in [5.74, 6) is 0.0101. The lowest BCUT2D eigenvalue weighted by Crippen LogP contribution is -2.35. The summed E-state index contributed by atoms with van der Waals surface area (Å²) in [6.45, 7) is 3.36. The van der Waals surface area contributed by atoms with E-state index in [0.717, 1.165) is 5.56 Å². The number of methoxy groups -OCH3 is 1. The first kappa shape index (κ1) is 17.2. The SMILES string of the molecule is CCN(Cc1ccc(Cl)c(Cl)c1)C(=O)CC(CN)OC. The van der Waals surface area contributed by atoms with E-state index >= 15 is 0 Å². The minimum atomic E-state index is -0.245. The Labute approximate surface area is 129 Å². The molecule has 1 amide bonds. The lowest BCUT2D eigenvalue weighted by molar-refractivity contribution is -0.134. The molecule has 0 aliphatic carbocycles. The van der Waals surface area contributed by atoms with Crippen molar-refractivity contribution in [3.8, 4) is 0 Å². The fraction of sp³-hybridized carbons (Fsp3) is 0.500. The second-order valence-electron chi connectivity index (χ2n) is 4.45. The molecule has 1 atom stereocenters. The van der Waals surface area contributed by atoms with E-state index in [0.29, 0.717) is 29.7 Å². The molecule has 0 saturated carbocycles. The first-order valence-electron chi connectivity index (χ1n) is 6.46. The van der Waals surface area contributed by atoms with E-state index in [1.807, 2.05) is 13.0 Å². The molecule has 20 heavy (non-hydrogen) atoms. The maximum atomic E-state index is 12.2. The zero-order chi connectivity index (χ0) is 15.1. The Morgan fingerprint density at radius 2 is 2.10 bits per heavy atom. The zero-order valence-electron chi connectivity index (χ0n) is 11.7. The number of carbonyl (C=O) groups is 1. The topological polar surface area (TPSA) is 55.6 Å². The number of carbonyl (C=O) groups excluding carboxylic acids is 1. The molecule has 0 aromatic heterocycles. The van der Waals surface area contributed by atoms with Crippen molar-refractivity contribution in [3.05, 3.63) is 33.8 Å². The van der Waals surface area contributed by atoms with Crippen LogP contribution in [0.3, 0.4) is 0 Å². The molecule has 0 bridgehead atoms. The number of amides is 1. The third kappa shape index (κ3) is 4.94. The van der Waals surface area contributed by atoms with Gasteiger partial charge in [-0.2, -0.15) is 0 Å². The third-order valence-corrected chi connectivity index (χ3v) is 3.83. The van der Waals surface area contributed by atoms with Gasteiger partial charge in [0.05, 0.1) is 22.6 Å². The van der Waals surface area contributed by atoms with Crippen LogP contribution < -0.4 is 5.73 Å². The molecule has 1 aromatic rings. The molecule has 1 unspecified atom stereocenters. The Bertz CT molecular complexity index is 451. The van der Waals surface area contributed by atoms with E-state index in [1.165, 1.54) is 0 Å². The van der Waals surface area contributed by atoms with E-state index < -0.39 is 0 Å². The molecule has 1 rings (SSSR count). The summed E-state index contributed by atoms with van der Waals surface area (Å²) in [7, 11) is 1.56. The van der Waals surface area contributed by atoms with Crippen LogP contribution >= 0.6 is 23.2 Å². The summed E-state index contributed by atoms with van der Waals surface area (Å²) in [6, 6.07) is 5.37. The second-order valence-corrected chi connectivity index (χ2v) is 5.27. The fourth-order valence-corrected chi connectivity index (χ4v) is 2.14. The van der Waals surface area contributed by atoms with Crippen LogP contribution in [0.2, 0.25) is 10.0 Å². The van der Waals surface area contributed by atoms with E-state index in [1.54, 1.807) is 24.1 Å². The minimum Gasteiger partial charge on any atom is -0.380 e. The first-order chi connectivity index (χ1) is 9.51. The van der Waals surface area contributed by atoms with E-state index in [9.17, 15) is 4.79 Å². The van der Waals surface area contributed by atoms with Crippen LogP contribution in [0.4, 0.5) is 0 Å². The monoisotopic (exact) mass is 318 g/mol. The Morgan fingerprint density at radius 1 is 1.40 bits per heavy atom. The third-order valence-electron chi connectivity index (χ3n) is 3.09. The number of halogens is 2. The Kier molecular flexibility index (Phi) is 7.30. The average molecular weight is 319 g/mol. The van der Waals surface area contributed by atoms with Crippen molar-refractivity contribution in [3.63, 3.8) is 0 Å². The Hall–Kier alpha value is -0.810. The van der Waals surface area contributed by atoms with Gasteiger partial charge < -0.3 is 15.4 Å². The van der Waals surface area contributed by atoms with Crippen molar-refractivity contribution >= 4 is 29.1 Å². The van der Waals surface area contributed by atoms with E-state index in [2.05, 4.69) is 0 Å². The molecule has 1 aromatic carbocycles. The highest BCUT2D eigenvalue weighted by atomic mass is 35.5. The number of nitrogens with two attached hydrogens (primary N) is 1. The van der Waals surface area contributed by atoms with Crippen molar-refractivity contribution < 1.29 is 9.53 Å². The summed E-state index contributed by atoms with van der Waals surface area (Å²) in [5.41, 5.74) is 6.48. The second kappa shape index (κ2) is 8.47. The Balaban J connectivity index is 2.70. The van der Waals surface area contributed by atoms with Crippen LogP contribution in [-0.4, -0.2) is 37.1 Å². The summed E-state index contributed by atoms with van der Waals surface area (Å²) in [5, 5.41) is 0.997. The minimum absolute atomic E-state index is 0.0101. The fourth-order valence-electron chi connectivity index (χ4n) is 1.82. The van der Waals surface area contributed by atoms with Crippen LogP contribution in [0.1, 0.15) is 18.9 Å². The number of rotatable bonds is 7. The maximum Gasteiger partial charge on any atom is 0.225 e. The number of nitrogens with zero attached hydrogens (tertiary/aromatic N) is 1. The number of benzene rings is 1. The van der Waals surface area contributed by atoms with Gasteiger partial charge >= 0.3 is 0 Å². The van der Waals surface area contributed by atoms with Crippen LogP contribution in [0, 0.1) is 0 Å². The normalized spacial score (nSPS) is 12.2. The molecule has 0 fully saturated rings. The molecular formula is C14H20Cl2N2O2. The van der Waals surface area contributed by atoms with Crippen LogP contribution in [0.25, 0.3) is 0 Å². The lowest BCUT2D eigenvalue weighted by atomic mass is 10.2. The molecule has 6 heteroatoms. The lowest BCUT2D eigenvalue weighted by Gasteiger charge is -2.23. The van der Waals surface area contributed by atoms with Gasteiger partial charge in [-0.05, 0) is 24.6 Å².